The molecule has 0 atom stereocenters. The third-order valence-corrected chi connectivity index (χ3v) is 2.52. The van der Waals surface area contributed by atoms with Crippen LogP contribution in [0, 0.1) is 11.3 Å². The predicted molar refractivity (Wildman–Crippen MR) is 69.0 cm³/mol. The first kappa shape index (κ1) is 14.2. The standard InChI is InChI=1S/C13H17N3O2/c1-16(8-9-17)7-6-13(18)15-12-5-3-2-4-11(12)10-14/h2-5,17H,6-9H2,1H3,(H,15,18). The molecule has 0 heterocycles. The lowest BCUT2D eigenvalue weighted by molar-refractivity contribution is -0.116. The van der Waals surface area contributed by atoms with Crippen LogP contribution in [0.3, 0.4) is 0 Å². The van der Waals surface area contributed by atoms with Crippen LogP contribution in [0.25, 0.3) is 0 Å². The second kappa shape index (κ2) is 7.43. The van der Waals surface area contributed by atoms with Gasteiger partial charge in [-0.25, -0.2) is 0 Å². The number of aliphatic hydroxyl groups is 1. The van der Waals surface area contributed by atoms with Gasteiger partial charge in [-0.15, -0.1) is 0 Å². The van der Waals surface area contributed by atoms with Crippen LogP contribution < -0.4 is 5.32 Å². The van der Waals surface area contributed by atoms with Crippen LogP contribution in [-0.4, -0.2) is 42.7 Å². The second-order valence-electron chi connectivity index (χ2n) is 3.98. The summed E-state index contributed by atoms with van der Waals surface area (Å²) in [6, 6.07) is 8.92. The van der Waals surface area contributed by atoms with Crippen molar-refractivity contribution in [3.8, 4) is 6.07 Å². The maximum Gasteiger partial charge on any atom is 0.225 e. The van der Waals surface area contributed by atoms with Gasteiger partial charge < -0.3 is 15.3 Å². The lowest BCUT2D eigenvalue weighted by Gasteiger charge is -2.14. The summed E-state index contributed by atoms with van der Waals surface area (Å²) in [5, 5.41) is 20.3. The molecule has 5 nitrogen and oxygen atoms in total. The van der Waals surface area contributed by atoms with Gasteiger partial charge in [0.1, 0.15) is 6.07 Å². The number of rotatable bonds is 6. The average molecular weight is 247 g/mol. The lowest BCUT2D eigenvalue weighted by Crippen LogP contribution is -2.26. The molecule has 0 aliphatic heterocycles. The Morgan fingerprint density at radius 2 is 2.17 bits per heavy atom. The van der Waals surface area contributed by atoms with Gasteiger partial charge >= 0.3 is 0 Å². The molecule has 18 heavy (non-hydrogen) atoms. The van der Waals surface area contributed by atoms with Crippen LogP contribution in [0.2, 0.25) is 0 Å². The second-order valence-corrected chi connectivity index (χ2v) is 3.98. The molecule has 0 bridgehead atoms. The first-order chi connectivity index (χ1) is 8.67. The summed E-state index contributed by atoms with van der Waals surface area (Å²) in [6.45, 7) is 1.19. The molecular weight excluding hydrogens is 230 g/mol. The van der Waals surface area contributed by atoms with Crippen molar-refractivity contribution in [3.63, 3.8) is 0 Å². The number of benzene rings is 1. The maximum absolute atomic E-state index is 11.7. The number of amides is 1. The van der Waals surface area contributed by atoms with Gasteiger partial charge in [-0.3, -0.25) is 4.79 Å². The fraction of sp³-hybridized carbons (Fsp3) is 0.385. The molecule has 0 aromatic heterocycles. The van der Waals surface area contributed by atoms with E-state index in [2.05, 4.69) is 5.32 Å². The maximum atomic E-state index is 11.7. The zero-order chi connectivity index (χ0) is 13.4. The van der Waals surface area contributed by atoms with E-state index >= 15 is 0 Å². The Bertz CT molecular complexity index is 440. The summed E-state index contributed by atoms with van der Waals surface area (Å²) < 4.78 is 0. The molecule has 5 heteroatoms. The summed E-state index contributed by atoms with van der Waals surface area (Å²) in [6.07, 6.45) is 0.330. The Morgan fingerprint density at radius 1 is 1.44 bits per heavy atom. The number of hydrogen-bond acceptors (Lipinski definition) is 4. The minimum Gasteiger partial charge on any atom is -0.395 e. The van der Waals surface area contributed by atoms with Crippen LogP contribution in [0.4, 0.5) is 5.69 Å². The number of hydrogen-bond donors (Lipinski definition) is 2. The Kier molecular flexibility index (Phi) is 5.85. The minimum atomic E-state index is -0.137. The molecule has 0 radical (unpaired) electrons. The third-order valence-electron chi connectivity index (χ3n) is 2.52. The van der Waals surface area contributed by atoms with Gasteiger partial charge in [0.2, 0.25) is 5.91 Å². The quantitative estimate of drug-likeness (QED) is 0.780. The Morgan fingerprint density at radius 3 is 2.83 bits per heavy atom. The molecule has 0 spiro atoms. The van der Waals surface area contributed by atoms with Crippen molar-refractivity contribution in [2.45, 2.75) is 6.42 Å². The van der Waals surface area contributed by atoms with Crippen LogP contribution >= 0.6 is 0 Å². The van der Waals surface area contributed by atoms with Gasteiger partial charge in [0.25, 0.3) is 0 Å². The zero-order valence-corrected chi connectivity index (χ0v) is 10.4. The number of likely N-dealkylation sites (N-methyl/N-ethyl adjacent to an activating group) is 1. The molecule has 0 aliphatic carbocycles. The van der Waals surface area contributed by atoms with Crippen molar-refractivity contribution in [3.05, 3.63) is 29.8 Å². The molecule has 2 N–H and O–H groups in total. The molecule has 1 amide bonds. The summed E-state index contributed by atoms with van der Waals surface area (Å²) in [5.74, 6) is -0.137. The molecule has 0 saturated heterocycles. The highest BCUT2D eigenvalue weighted by atomic mass is 16.3. The van der Waals surface area contributed by atoms with Crippen LogP contribution in [0.5, 0.6) is 0 Å². The van der Waals surface area contributed by atoms with Crippen LogP contribution in [0.15, 0.2) is 24.3 Å². The van der Waals surface area contributed by atoms with E-state index in [1.807, 2.05) is 18.0 Å². The van der Waals surface area contributed by atoms with Gasteiger partial charge in [0.05, 0.1) is 17.9 Å². The Hall–Kier alpha value is -1.90. The number of nitrogens with zero attached hydrogens (tertiary/aromatic N) is 2. The summed E-state index contributed by atoms with van der Waals surface area (Å²) in [4.78, 5) is 13.6. The van der Waals surface area contributed by atoms with Crippen molar-refractivity contribution >= 4 is 11.6 Å². The van der Waals surface area contributed by atoms with Gasteiger partial charge in [0, 0.05) is 19.5 Å². The van der Waals surface area contributed by atoms with E-state index in [1.54, 1.807) is 24.3 Å². The average Bonchev–Trinajstić information content (AvgIpc) is 2.37. The van der Waals surface area contributed by atoms with Gasteiger partial charge in [-0.2, -0.15) is 5.26 Å². The number of anilines is 1. The first-order valence-corrected chi connectivity index (χ1v) is 5.75. The smallest absolute Gasteiger partial charge is 0.225 e. The van der Waals surface area contributed by atoms with Crippen molar-refractivity contribution in [1.29, 1.82) is 5.26 Å². The van der Waals surface area contributed by atoms with E-state index in [0.717, 1.165) is 0 Å². The third kappa shape index (κ3) is 4.53. The van der Waals surface area contributed by atoms with E-state index < -0.39 is 0 Å². The van der Waals surface area contributed by atoms with E-state index in [-0.39, 0.29) is 12.5 Å². The molecule has 1 aromatic rings. The van der Waals surface area contributed by atoms with E-state index in [1.165, 1.54) is 0 Å². The molecular formula is C13H17N3O2. The predicted octanol–water partition coefficient (Wildman–Crippen LogP) is 0.811. The fourth-order valence-electron chi connectivity index (χ4n) is 1.48. The SMILES string of the molecule is CN(CCO)CCC(=O)Nc1ccccc1C#N. The van der Waals surface area contributed by atoms with E-state index in [4.69, 9.17) is 10.4 Å². The van der Waals surface area contributed by atoms with Crippen LogP contribution in [0.1, 0.15) is 12.0 Å². The lowest BCUT2D eigenvalue weighted by atomic mass is 10.2. The fourth-order valence-corrected chi connectivity index (χ4v) is 1.48. The molecule has 0 fully saturated rings. The molecule has 1 aromatic carbocycles. The Labute approximate surface area is 107 Å². The highest BCUT2D eigenvalue weighted by Gasteiger charge is 2.07. The number of para-hydroxylation sites is 1. The highest BCUT2D eigenvalue weighted by Crippen LogP contribution is 2.13. The number of carbonyl (C=O) groups excluding carboxylic acids is 1. The molecule has 0 saturated carbocycles. The summed E-state index contributed by atoms with van der Waals surface area (Å²) >= 11 is 0. The van der Waals surface area contributed by atoms with Crippen molar-refractivity contribution < 1.29 is 9.90 Å². The van der Waals surface area contributed by atoms with Gasteiger partial charge in [-0.05, 0) is 19.2 Å². The highest BCUT2D eigenvalue weighted by molar-refractivity contribution is 5.92. The number of nitrogens with one attached hydrogen (secondary N) is 1. The van der Waals surface area contributed by atoms with E-state index in [0.29, 0.717) is 30.8 Å². The molecule has 96 valence electrons. The largest absolute Gasteiger partial charge is 0.395 e. The monoisotopic (exact) mass is 247 g/mol. The zero-order valence-electron chi connectivity index (χ0n) is 10.4. The van der Waals surface area contributed by atoms with Gasteiger partial charge in [0.15, 0.2) is 0 Å². The summed E-state index contributed by atoms with van der Waals surface area (Å²) in [5.41, 5.74) is 0.990. The van der Waals surface area contributed by atoms with E-state index in [9.17, 15) is 4.79 Å². The van der Waals surface area contributed by atoms with Crippen molar-refractivity contribution in [2.24, 2.45) is 0 Å². The molecule has 0 unspecified atom stereocenters. The number of nitriles is 1. The number of aliphatic hydroxyl groups excluding tert-OH is 1. The number of carbonyl (C=O) groups is 1. The molecule has 1 rings (SSSR count). The topological polar surface area (TPSA) is 76.4 Å². The van der Waals surface area contributed by atoms with Gasteiger partial charge in [-0.1, -0.05) is 12.1 Å². The van der Waals surface area contributed by atoms with Crippen LogP contribution in [-0.2, 0) is 4.79 Å². The minimum absolute atomic E-state index is 0.0788. The normalized spacial score (nSPS) is 10.1. The Balaban J connectivity index is 2.48. The van der Waals surface area contributed by atoms with Crippen molar-refractivity contribution in [1.82, 2.24) is 4.90 Å². The summed E-state index contributed by atoms with van der Waals surface area (Å²) in [7, 11) is 1.84. The van der Waals surface area contributed by atoms with Crippen molar-refractivity contribution in [2.75, 3.05) is 32.1 Å². The first-order valence-electron chi connectivity index (χ1n) is 5.75. The molecule has 0 aliphatic rings.